The minimum absolute atomic E-state index is 0.197. The molecule has 0 bridgehead atoms. The molecular formula is C11H12N2O4. The number of ether oxygens (including phenoxy) is 1. The Bertz CT molecular complexity index is 437. The molecule has 1 aromatic heterocycles. The van der Waals surface area contributed by atoms with Gasteiger partial charge in [0.15, 0.2) is 0 Å². The molecule has 2 rings (SSSR count). The monoisotopic (exact) mass is 236 g/mol. The summed E-state index contributed by atoms with van der Waals surface area (Å²) in [5.41, 5.74) is 0.439. The molecule has 2 heterocycles. The number of carbonyl (C=O) groups is 2. The molecule has 6 nitrogen and oxygen atoms in total. The van der Waals surface area contributed by atoms with E-state index in [2.05, 4.69) is 4.98 Å². The van der Waals surface area contributed by atoms with Crippen LogP contribution < -0.4 is 4.74 Å². The summed E-state index contributed by atoms with van der Waals surface area (Å²) < 4.78 is 4.88. The van der Waals surface area contributed by atoms with E-state index in [0.717, 1.165) is 0 Å². The van der Waals surface area contributed by atoms with E-state index in [0.29, 0.717) is 11.4 Å². The lowest BCUT2D eigenvalue weighted by molar-refractivity contribution is -0.146. The number of hydrogen-bond donors (Lipinski definition) is 1. The first-order valence-electron chi connectivity index (χ1n) is 5.14. The topological polar surface area (TPSA) is 79.7 Å². The second-order valence-electron chi connectivity index (χ2n) is 3.83. The number of pyridine rings is 1. The summed E-state index contributed by atoms with van der Waals surface area (Å²) in [4.78, 5) is 27.9. The van der Waals surface area contributed by atoms with E-state index in [1.165, 1.54) is 18.2 Å². The highest BCUT2D eigenvalue weighted by Crippen LogP contribution is 2.19. The van der Waals surface area contributed by atoms with Gasteiger partial charge in [-0.2, -0.15) is 0 Å². The van der Waals surface area contributed by atoms with Gasteiger partial charge in [-0.1, -0.05) is 0 Å². The number of rotatable bonds is 3. The van der Waals surface area contributed by atoms with Crippen LogP contribution in [0.3, 0.4) is 0 Å². The molecule has 0 aromatic carbocycles. The van der Waals surface area contributed by atoms with Crippen LogP contribution in [0.5, 0.6) is 5.88 Å². The summed E-state index contributed by atoms with van der Waals surface area (Å²) in [5.74, 6) is -1.06. The molecule has 1 N–H and O–H groups in total. The average molecular weight is 236 g/mol. The van der Waals surface area contributed by atoms with Crippen molar-refractivity contribution in [3.8, 4) is 5.88 Å². The van der Waals surface area contributed by atoms with Gasteiger partial charge >= 0.3 is 5.97 Å². The third-order valence-electron chi connectivity index (χ3n) is 2.71. The summed E-state index contributed by atoms with van der Waals surface area (Å²) in [5, 5.41) is 8.70. The number of hydrogen-bond acceptors (Lipinski definition) is 4. The van der Waals surface area contributed by atoms with E-state index in [1.807, 2.05) is 0 Å². The van der Waals surface area contributed by atoms with Gasteiger partial charge in [0.25, 0.3) is 5.91 Å². The Kier molecular flexibility index (Phi) is 2.95. The SMILES string of the molecule is COc1ccc(C(=O)N2CC(C(=O)O)C2)cn1. The van der Waals surface area contributed by atoms with Gasteiger partial charge in [-0.25, -0.2) is 4.98 Å². The maximum atomic E-state index is 11.8. The van der Waals surface area contributed by atoms with Gasteiger partial charge in [-0.15, -0.1) is 0 Å². The van der Waals surface area contributed by atoms with Crippen molar-refractivity contribution in [3.05, 3.63) is 23.9 Å². The van der Waals surface area contributed by atoms with Gasteiger partial charge in [-0.3, -0.25) is 9.59 Å². The molecular weight excluding hydrogens is 224 g/mol. The van der Waals surface area contributed by atoms with Crippen LogP contribution in [0.15, 0.2) is 18.3 Å². The number of amides is 1. The molecule has 17 heavy (non-hydrogen) atoms. The number of likely N-dealkylation sites (tertiary alicyclic amines) is 1. The summed E-state index contributed by atoms with van der Waals surface area (Å²) in [6.45, 7) is 0.528. The van der Waals surface area contributed by atoms with Gasteiger partial charge in [0.2, 0.25) is 5.88 Å². The van der Waals surface area contributed by atoms with E-state index in [9.17, 15) is 9.59 Å². The summed E-state index contributed by atoms with van der Waals surface area (Å²) in [6, 6.07) is 3.21. The molecule has 0 aliphatic carbocycles. The normalized spacial score (nSPS) is 15.2. The van der Waals surface area contributed by atoms with E-state index < -0.39 is 11.9 Å². The molecule has 90 valence electrons. The average Bonchev–Trinajstić information content (AvgIpc) is 2.26. The molecule has 1 fully saturated rings. The zero-order chi connectivity index (χ0) is 12.4. The molecule has 6 heteroatoms. The van der Waals surface area contributed by atoms with Crippen LogP contribution in [-0.2, 0) is 4.79 Å². The number of nitrogens with zero attached hydrogens (tertiary/aromatic N) is 2. The second kappa shape index (κ2) is 4.40. The van der Waals surface area contributed by atoms with Gasteiger partial charge in [0.1, 0.15) is 0 Å². The summed E-state index contributed by atoms with van der Waals surface area (Å²) in [6.07, 6.45) is 1.43. The van der Waals surface area contributed by atoms with Crippen molar-refractivity contribution in [1.29, 1.82) is 0 Å². The quantitative estimate of drug-likeness (QED) is 0.813. The summed E-state index contributed by atoms with van der Waals surface area (Å²) in [7, 11) is 1.50. The van der Waals surface area contributed by atoms with Crippen molar-refractivity contribution in [1.82, 2.24) is 9.88 Å². The zero-order valence-electron chi connectivity index (χ0n) is 9.29. The van der Waals surface area contributed by atoms with Crippen molar-refractivity contribution in [2.45, 2.75) is 0 Å². The predicted molar refractivity (Wildman–Crippen MR) is 57.8 cm³/mol. The van der Waals surface area contributed by atoms with Crippen molar-refractivity contribution in [2.75, 3.05) is 20.2 Å². The third kappa shape index (κ3) is 2.20. The van der Waals surface area contributed by atoms with E-state index in [-0.39, 0.29) is 19.0 Å². The molecule has 1 aliphatic rings. The Morgan fingerprint density at radius 2 is 2.18 bits per heavy atom. The largest absolute Gasteiger partial charge is 0.481 e. The first-order chi connectivity index (χ1) is 8.11. The maximum Gasteiger partial charge on any atom is 0.310 e. The number of carbonyl (C=O) groups excluding carboxylic acids is 1. The van der Waals surface area contributed by atoms with Gasteiger partial charge in [-0.05, 0) is 6.07 Å². The molecule has 0 unspecified atom stereocenters. The smallest absolute Gasteiger partial charge is 0.310 e. The van der Waals surface area contributed by atoms with Crippen LogP contribution >= 0.6 is 0 Å². The lowest BCUT2D eigenvalue weighted by Gasteiger charge is -2.36. The first kappa shape index (κ1) is 11.4. The number of aliphatic carboxylic acids is 1. The van der Waals surface area contributed by atoms with Crippen LogP contribution in [-0.4, -0.2) is 47.1 Å². The summed E-state index contributed by atoms with van der Waals surface area (Å²) >= 11 is 0. The van der Waals surface area contributed by atoms with Crippen LogP contribution in [0.25, 0.3) is 0 Å². The molecule has 0 radical (unpaired) electrons. The van der Waals surface area contributed by atoms with Gasteiger partial charge < -0.3 is 14.7 Å². The zero-order valence-corrected chi connectivity index (χ0v) is 9.29. The minimum Gasteiger partial charge on any atom is -0.481 e. The van der Waals surface area contributed by atoms with Crippen molar-refractivity contribution in [3.63, 3.8) is 0 Å². The second-order valence-corrected chi connectivity index (χ2v) is 3.83. The van der Waals surface area contributed by atoms with Crippen molar-refractivity contribution >= 4 is 11.9 Å². The molecule has 0 atom stereocenters. The lowest BCUT2D eigenvalue weighted by atomic mass is 9.99. The Balaban J connectivity index is 1.99. The number of aromatic nitrogens is 1. The molecule has 0 saturated carbocycles. The first-order valence-corrected chi connectivity index (χ1v) is 5.14. The highest BCUT2D eigenvalue weighted by atomic mass is 16.5. The Labute approximate surface area is 97.8 Å². The molecule has 1 amide bonds. The van der Waals surface area contributed by atoms with Crippen molar-refractivity contribution < 1.29 is 19.4 Å². The Morgan fingerprint density at radius 3 is 2.65 bits per heavy atom. The fourth-order valence-corrected chi connectivity index (χ4v) is 1.61. The van der Waals surface area contributed by atoms with E-state index in [4.69, 9.17) is 9.84 Å². The van der Waals surface area contributed by atoms with E-state index >= 15 is 0 Å². The molecule has 1 saturated heterocycles. The molecule has 0 spiro atoms. The van der Waals surface area contributed by atoms with Crippen molar-refractivity contribution in [2.24, 2.45) is 5.92 Å². The standard InChI is InChI=1S/C11H12N2O4/c1-17-9-3-2-7(4-12-9)10(14)13-5-8(6-13)11(15)16/h2-4,8H,5-6H2,1H3,(H,15,16). The molecule has 1 aliphatic heterocycles. The number of methoxy groups -OCH3 is 1. The fourth-order valence-electron chi connectivity index (χ4n) is 1.61. The minimum atomic E-state index is -0.859. The predicted octanol–water partition coefficient (Wildman–Crippen LogP) is 0.247. The van der Waals surface area contributed by atoms with Gasteiger partial charge in [0.05, 0.1) is 18.6 Å². The third-order valence-corrected chi connectivity index (χ3v) is 2.71. The van der Waals surface area contributed by atoms with Crippen LogP contribution in [0, 0.1) is 5.92 Å². The van der Waals surface area contributed by atoms with Crippen LogP contribution in [0.2, 0.25) is 0 Å². The van der Waals surface area contributed by atoms with Gasteiger partial charge in [0, 0.05) is 25.4 Å². The molecule has 1 aromatic rings. The maximum absolute atomic E-state index is 11.8. The van der Waals surface area contributed by atoms with E-state index in [1.54, 1.807) is 12.1 Å². The fraction of sp³-hybridized carbons (Fsp3) is 0.364. The number of carboxylic acid groups (broad SMARTS) is 1. The van der Waals surface area contributed by atoms with Crippen LogP contribution in [0.4, 0.5) is 0 Å². The Hall–Kier alpha value is -2.11. The van der Waals surface area contributed by atoms with Crippen LogP contribution in [0.1, 0.15) is 10.4 Å². The lowest BCUT2D eigenvalue weighted by Crippen LogP contribution is -2.53. The Morgan fingerprint density at radius 1 is 1.47 bits per heavy atom. The highest BCUT2D eigenvalue weighted by molar-refractivity contribution is 5.95. The highest BCUT2D eigenvalue weighted by Gasteiger charge is 2.35. The number of carboxylic acids is 1.